The summed E-state index contributed by atoms with van der Waals surface area (Å²) in [5.41, 5.74) is 4.22. The maximum absolute atomic E-state index is 9.99. The Kier molecular flexibility index (Phi) is 5.94. The van der Waals surface area contributed by atoms with E-state index in [-0.39, 0.29) is 11.8 Å². The Labute approximate surface area is 161 Å². The van der Waals surface area contributed by atoms with E-state index < -0.39 is 0 Å². The predicted octanol–water partition coefficient (Wildman–Crippen LogP) is 5.58. The van der Waals surface area contributed by atoms with E-state index in [1.54, 1.807) is 12.1 Å². The van der Waals surface area contributed by atoms with Gasteiger partial charge < -0.3 is 9.84 Å². The molecule has 2 aromatic carbocycles. The zero-order valence-electron chi connectivity index (χ0n) is 16.5. The minimum atomic E-state index is -0.149. The van der Waals surface area contributed by atoms with Crippen LogP contribution in [0.25, 0.3) is 0 Å². The van der Waals surface area contributed by atoms with Gasteiger partial charge in [-0.1, -0.05) is 58.0 Å². The van der Waals surface area contributed by atoms with Crippen molar-refractivity contribution < 1.29 is 9.84 Å². The lowest BCUT2D eigenvalue weighted by Crippen LogP contribution is -2.08. The molecule has 27 heavy (non-hydrogen) atoms. The maximum atomic E-state index is 9.99. The normalized spacial score (nSPS) is 18.0. The molecule has 0 fully saturated rings. The van der Waals surface area contributed by atoms with Crippen LogP contribution in [0, 0.1) is 0 Å². The Morgan fingerprint density at radius 2 is 1.89 bits per heavy atom. The summed E-state index contributed by atoms with van der Waals surface area (Å²) in [4.78, 5) is 9.44. The van der Waals surface area contributed by atoms with E-state index in [9.17, 15) is 5.11 Å². The first-order valence-corrected chi connectivity index (χ1v) is 9.67. The van der Waals surface area contributed by atoms with E-state index in [1.165, 1.54) is 11.1 Å². The molecule has 1 aliphatic rings. The molecule has 3 rings (SSSR count). The van der Waals surface area contributed by atoms with Crippen LogP contribution in [-0.2, 0) is 4.74 Å². The van der Waals surface area contributed by atoms with Gasteiger partial charge in [0.1, 0.15) is 18.4 Å². The van der Waals surface area contributed by atoms with E-state index in [0.29, 0.717) is 29.9 Å². The summed E-state index contributed by atoms with van der Waals surface area (Å²) in [5.74, 6) is 1.51. The average Bonchev–Trinajstić information content (AvgIpc) is 3.14. The molecule has 2 unspecified atom stereocenters. The smallest absolute Gasteiger partial charge is 0.220 e. The molecule has 0 spiro atoms. The van der Waals surface area contributed by atoms with Gasteiger partial charge in [0.15, 0.2) is 0 Å². The lowest BCUT2D eigenvalue weighted by Gasteiger charge is -2.17. The highest BCUT2D eigenvalue weighted by Crippen LogP contribution is 2.36. The maximum Gasteiger partial charge on any atom is 0.220 e. The number of hydrogen-bond acceptors (Lipinski definition) is 4. The van der Waals surface area contributed by atoms with Gasteiger partial charge in [0.2, 0.25) is 5.90 Å². The zero-order chi connectivity index (χ0) is 19.4. The second kappa shape index (κ2) is 8.38. The molecule has 1 N–H and O–H groups in total. The Hall–Kier alpha value is -2.62. The van der Waals surface area contributed by atoms with Crippen molar-refractivity contribution in [3.05, 3.63) is 59.2 Å². The van der Waals surface area contributed by atoms with E-state index >= 15 is 0 Å². The van der Waals surface area contributed by atoms with Crippen LogP contribution >= 0.6 is 0 Å². The van der Waals surface area contributed by atoms with E-state index in [1.807, 2.05) is 18.3 Å². The first kappa shape index (κ1) is 19.2. The highest BCUT2D eigenvalue weighted by Gasteiger charge is 2.21. The lowest BCUT2D eigenvalue weighted by atomic mass is 9.91. The van der Waals surface area contributed by atoms with Crippen LogP contribution in [0.2, 0.25) is 0 Å². The van der Waals surface area contributed by atoms with Gasteiger partial charge >= 0.3 is 0 Å². The first-order valence-electron chi connectivity index (χ1n) is 9.67. The van der Waals surface area contributed by atoms with Gasteiger partial charge in [-0.05, 0) is 41.5 Å². The van der Waals surface area contributed by atoms with Gasteiger partial charge in [-0.15, -0.1) is 0 Å². The molecule has 4 heteroatoms. The first-order chi connectivity index (χ1) is 13.0. The summed E-state index contributed by atoms with van der Waals surface area (Å²) in [6.07, 6.45) is 2.95. The average molecular weight is 364 g/mol. The standard InChI is InChI=1S/C23H28N2O2/c1-5-16(4)19-11-8-10-18(15(2)3)22(19)24-13-17-14-27-23(25-17)20-9-6-7-12-21(20)26/h6-13,15-17,26H,5,14H2,1-4H3. The van der Waals surface area contributed by atoms with Gasteiger partial charge in [0, 0.05) is 6.21 Å². The van der Waals surface area contributed by atoms with Crippen molar-refractivity contribution >= 4 is 17.8 Å². The van der Waals surface area contributed by atoms with Crippen molar-refractivity contribution in [2.24, 2.45) is 9.98 Å². The van der Waals surface area contributed by atoms with Crippen LogP contribution in [0.15, 0.2) is 52.4 Å². The molecule has 1 aliphatic heterocycles. The Morgan fingerprint density at radius 1 is 1.15 bits per heavy atom. The molecular weight excluding hydrogens is 336 g/mol. The van der Waals surface area contributed by atoms with Crippen molar-refractivity contribution in [1.29, 1.82) is 0 Å². The largest absolute Gasteiger partial charge is 0.507 e. The molecule has 0 saturated heterocycles. The molecule has 0 bridgehead atoms. The van der Waals surface area contributed by atoms with Crippen molar-refractivity contribution in [3.63, 3.8) is 0 Å². The quantitative estimate of drug-likeness (QED) is 0.681. The number of hydrogen-bond donors (Lipinski definition) is 1. The summed E-state index contributed by atoms with van der Waals surface area (Å²) >= 11 is 0. The number of phenolic OH excluding ortho intramolecular Hbond substituents is 1. The van der Waals surface area contributed by atoms with E-state index in [0.717, 1.165) is 12.1 Å². The fraction of sp³-hybridized carbons (Fsp3) is 0.391. The fourth-order valence-electron chi connectivity index (χ4n) is 3.24. The third-order valence-corrected chi connectivity index (χ3v) is 5.05. The minimum Gasteiger partial charge on any atom is -0.507 e. The minimum absolute atomic E-state index is 0.149. The monoisotopic (exact) mass is 364 g/mol. The number of aromatic hydroxyl groups is 1. The van der Waals surface area contributed by atoms with Crippen LogP contribution in [0.4, 0.5) is 5.69 Å². The summed E-state index contributed by atoms with van der Waals surface area (Å²) < 4.78 is 5.70. The number of rotatable bonds is 6. The summed E-state index contributed by atoms with van der Waals surface area (Å²) in [6, 6.07) is 13.4. The molecule has 142 valence electrons. The molecule has 0 aromatic heterocycles. The van der Waals surface area contributed by atoms with Gasteiger partial charge in [-0.25, -0.2) is 4.99 Å². The Bertz CT molecular complexity index is 855. The molecule has 0 aliphatic carbocycles. The predicted molar refractivity (Wildman–Crippen MR) is 112 cm³/mol. The van der Waals surface area contributed by atoms with Gasteiger partial charge in [-0.3, -0.25) is 4.99 Å². The number of phenols is 1. The zero-order valence-corrected chi connectivity index (χ0v) is 16.5. The number of benzene rings is 2. The highest BCUT2D eigenvalue weighted by molar-refractivity contribution is 5.99. The number of nitrogens with zero attached hydrogens (tertiary/aromatic N) is 2. The Balaban J connectivity index is 1.89. The second-order valence-corrected chi connectivity index (χ2v) is 7.36. The van der Waals surface area contributed by atoms with Crippen LogP contribution in [0.1, 0.15) is 62.6 Å². The molecule has 4 nitrogen and oxygen atoms in total. The summed E-state index contributed by atoms with van der Waals surface area (Å²) in [5, 5.41) is 9.99. The molecule has 2 aromatic rings. The third kappa shape index (κ3) is 4.21. The molecule has 2 atom stereocenters. The molecule has 0 radical (unpaired) electrons. The molecular formula is C23H28N2O2. The number of ether oxygens (including phenoxy) is 1. The van der Waals surface area contributed by atoms with Crippen molar-refractivity contribution in [2.75, 3.05) is 6.61 Å². The van der Waals surface area contributed by atoms with Crippen LogP contribution in [-0.4, -0.2) is 29.9 Å². The van der Waals surface area contributed by atoms with Gasteiger partial charge in [0.25, 0.3) is 0 Å². The third-order valence-electron chi connectivity index (χ3n) is 5.05. The van der Waals surface area contributed by atoms with Gasteiger partial charge in [-0.2, -0.15) is 0 Å². The Morgan fingerprint density at radius 3 is 2.59 bits per heavy atom. The number of aliphatic imine (C=N–C) groups is 2. The SMILES string of the molecule is CCC(C)c1cccc(C(C)C)c1N=CC1COC(c2ccccc2O)=N1. The van der Waals surface area contributed by atoms with E-state index in [2.05, 4.69) is 50.9 Å². The van der Waals surface area contributed by atoms with Crippen molar-refractivity contribution in [3.8, 4) is 5.75 Å². The van der Waals surface area contributed by atoms with Crippen LogP contribution in [0.3, 0.4) is 0 Å². The van der Waals surface area contributed by atoms with Crippen LogP contribution in [0.5, 0.6) is 5.75 Å². The topological polar surface area (TPSA) is 54.2 Å². The lowest BCUT2D eigenvalue weighted by molar-refractivity contribution is 0.336. The highest BCUT2D eigenvalue weighted by atomic mass is 16.5. The fourth-order valence-corrected chi connectivity index (χ4v) is 3.24. The van der Waals surface area contributed by atoms with E-state index in [4.69, 9.17) is 9.73 Å². The molecule has 0 amide bonds. The van der Waals surface area contributed by atoms with Crippen molar-refractivity contribution in [2.45, 2.75) is 52.0 Å². The van der Waals surface area contributed by atoms with Crippen molar-refractivity contribution in [1.82, 2.24) is 0 Å². The van der Waals surface area contributed by atoms with Gasteiger partial charge in [0.05, 0.1) is 11.3 Å². The number of para-hydroxylation sites is 2. The summed E-state index contributed by atoms with van der Waals surface area (Å²) in [6.45, 7) is 9.28. The second-order valence-electron chi connectivity index (χ2n) is 7.36. The molecule has 1 heterocycles. The molecule has 0 saturated carbocycles. The van der Waals surface area contributed by atoms with Crippen LogP contribution < -0.4 is 0 Å². The summed E-state index contributed by atoms with van der Waals surface area (Å²) in [7, 11) is 0.